The number of aromatic amines is 1. The van der Waals surface area contributed by atoms with E-state index in [4.69, 9.17) is 0 Å². The molecule has 1 aromatic heterocycles. The lowest BCUT2D eigenvalue weighted by Gasteiger charge is -2.25. The van der Waals surface area contributed by atoms with Crippen LogP contribution in [0.5, 0.6) is 0 Å². The van der Waals surface area contributed by atoms with Crippen LogP contribution in [-0.2, 0) is 6.54 Å². The molecular formula is C13H24N4. The van der Waals surface area contributed by atoms with E-state index in [9.17, 15) is 0 Å². The van der Waals surface area contributed by atoms with E-state index in [1.807, 2.05) is 12.4 Å². The second-order valence-corrected chi connectivity index (χ2v) is 5.15. The van der Waals surface area contributed by atoms with E-state index in [1.54, 1.807) is 0 Å². The largest absolute Gasteiger partial charge is 0.348 e. The second-order valence-electron chi connectivity index (χ2n) is 5.15. The van der Waals surface area contributed by atoms with Crippen LogP contribution in [0.2, 0.25) is 0 Å². The maximum atomic E-state index is 4.25. The van der Waals surface area contributed by atoms with Crippen LogP contribution < -0.4 is 0 Å². The molecule has 1 saturated heterocycles. The Morgan fingerprint density at radius 3 is 2.88 bits per heavy atom. The minimum atomic E-state index is 0.719. The van der Waals surface area contributed by atoms with Crippen molar-refractivity contribution < 1.29 is 0 Å². The average Bonchev–Trinajstić information content (AvgIpc) is 2.97. The molecule has 2 heterocycles. The Hall–Kier alpha value is -0.870. The number of hydrogen-bond donors (Lipinski definition) is 1. The van der Waals surface area contributed by atoms with Gasteiger partial charge in [0, 0.05) is 18.4 Å². The lowest BCUT2D eigenvalue weighted by Crippen LogP contribution is -2.33. The fraction of sp³-hybridized carbons (Fsp3) is 0.769. The van der Waals surface area contributed by atoms with E-state index in [-0.39, 0.29) is 0 Å². The molecule has 0 spiro atoms. The summed E-state index contributed by atoms with van der Waals surface area (Å²) in [5, 5.41) is 0. The van der Waals surface area contributed by atoms with Gasteiger partial charge in [-0.3, -0.25) is 4.90 Å². The van der Waals surface area contributed by atoms with E-state index < -0.39 is 0 Å². The van der Waals surface area contributed by atoms with Crippen LogP contribution in [0.4, 0.5) is 0 Å². The molecule has 2 rings (SSSR count). The standard InChI is InChI=1S/C13H24N4/c1-12(17-8-3-4-9-17)5-10-16(2)11-13-14-6-7-15-13/h6-7,12H,3-5,8-11H2,1-2H3,(H,14,15). The molecule has 1 aliphatic heterocycles. The molecule has 1 unspecified atom stereocenters. The van der Waals surface area contributed by atoms with Crippen molar-refractivity contribution in [3.63, 3.8) is 0 Å². The fourth-order valence-electron chi connectivity index (χ4n) is 2.49. The minimum absolute atomic E-state index is 0.719. The van der Waals surface area contributed by atoms with Crippen molar-refractivity contribution in [3.05, 3.63) is 18.2 Å². The first-order valence-electron chi connectivity index (χ1n) is 6.66. The van der Waals surface area contributed by atoms with Gasteiger partial charge in [0.1, 0.15) is 5.82 Å². The predicted octanol–water partition coefficient (Wildman–Crippen LogP) is 1.72. The Labute approximate surface area is 104 Å². The highest BCUT2D eigenvalue weighted by molar-refractivity contribution is 4.86. The number of H-pyrrole nitrogens is 1. The Morgan fingerprint density at radius 2 is 2.24 bits per heavy atom. The quantitative estimate of drug-likeness (QED) is 0.817. The van der Waals surface area contributed by atoms with Gasteiger partial charge in [-0.25, -0.2) is 4.98 Å². The number of rotatable bonds is 6. The van der Waals surface area contributed by atoms with Gasteiger partial charge >= 0.3 is 0 Å². The maximum Gasteiger partial charge on any atom is 0.120 e. The summed E-state index contributed by atoms with van der Waals surface area (Å²) in [7, 11) is 2.17. The summed E-state index contributed by atoms with van der Waals surface area (Å²) in [4.78, 5) is 12.4. The van der Waals surface area contributed by atoms with Gasteiger partial charge in [0.15, 0.2) is 0 Å². The van der Waals surface area contributed by atoms with Crippen LogP contribution in [0.1, 0.15) is 32.0 Å². The van der Waals surface area contributed by atoms with E-state index in [0.29, 0.717) is 0 Å². The lowest BCUT2D eigenvalue weighted by atomic mass is 10.2. The smallest absolute Gasteiger partial charge is 0.120 e. The number of nitrogens with one attached hydrogen (secondary N) is 1. The van der Waals surface area contributed by atoms with Gasteiger partial charge in [-0.1, -0.05) is 0 Å². The normalized spacial score (nSPS) is 19.0. The molecule has 1 aliphatic rings. The molecule has 0 aliphatic carbocycles. The first-order chi connectivity index (χ1) is 8.25. The topological polar surface area (TPSA) is 35.2 Å². The summed E-state index contributed by atoms with van der Waals surface area (Å²) in [6.45, 7) is 7.00. The monoisotopic (exact) mass is 236 g/mol. The first kappa shape index (κ1) is 12.6. The molecule has 17 heavy (non-hydrogen) atoms. The summed E-state index contributed by atoms with van der Waals surface area (Å²) in [5.74, 6) is 1.06. The van der Waals surface area contributed by atoms with Gasteiger partial charge in [-0.15, -0.1) is 0 Å². The van der Waals surface area contributed by atoms with Gasteiger partial charge in [0.05, 0.1) is 6.54 Å². The third kappa shape index (κ3) is 3.82. The fourth-order valence-corrected chi connectivity index (χ4v) is 2.49. The molecule has 4 nitrogen and oxygen atoms in total. The van der Waals surface area contributed by atoms with Crippen LogP contribution >= 0.6 is 0 Å². The highest BCUT2D eigenvalue weighted by Crippen LogP contribution is 2.14. The summed E-state index contributed by atoms with van der Waals surface area (Å²) < 4.78 is 0. The number of nitrogens with zero attached hydrogens (tertiary/aromatic N) is 3. The van der Waals surface area contributed by atoms with Crippen LogP contribution in [0.15, 0.2) is 12.4 Å². The van der Waals surface area contributed by atoms with Crippen molar-refractivity contribution in [2.75, 3.05) is 26.7 Å². The number of hydrogen-bond acceptors (Lipinski definition) is 3. The molecule has 1 atom stereocenters. The Morgan fingerprint density at radius 1 is 1.47 bits per heavy atom. The molecule has 1 fully saturated rings. The third-order valence-electron chi connectivity index (χ3n) is 3.67. The molecule has 4 heteroatoms. The zero-order valence-corrected chi connectivity index (χ0v) is 11.0. The molecule has 0 saturated carbocycles. The molecule has 1 aromatic rings. The summed E-state index contributed by atoms with van der Waals surface area (Å²) >= 11 is 0. The highest BCUT2D eigenvalue weighted by atomic mass is 15.2. The Kier molecular flexibility index (Phi) is 4.57. The van der Waals surface area contributed by atoms with E-state index in [0.717, 1.165) is 25.0 Å². The van der Waals surface area contributed by atoms with Crippen molar-refractivity contribution in [3.8, 4) is 0 Å². The van der Waals surface area contributed by atoms with Gasteiger partial charge in [0.25, 0.3) is 0 Å². The lowest BCUT2D eigenvalue weighted by molar-refractivity contribution is 0.214. The molecular weight excluding hydrogens is 212 g/mol. The van der Waals surface area contributed by atoms with Gasteiger partial charge in [0.2, 0.25) is 0 Å². The molecule has 1 N–H and O–H groups in total. The molecule has 0 aromatic carbocycles. The van der Waals surface area contributed by atoms with Crippen molar-refractivity contribution in [2.24, 2.45) is 0 Å². The van der Waals surface area contributed by atoms with Crippen molar-refractivity contribution in [2.45, 2.75) is 38.8 Å². The van der Waals surface area contributed by atoms with Crippen LogP contribution in [0.3, 0.4) is 0 Å². The van der Waals surface area contributed by atoms with E-state index in [2.05, 4.69) is 33.7 Å². The SMILES string of the molecule is CC(CCN(C)Cc1ncc[nH]1)N1CCCC1. The van der Waals surface area contributed by atoms with Gasteiger partial charge < -0.3 is 9.88 Å². The van der Waals surface area contributed by atoms with E-state index >= 15 is 0 Å². The predicted molar refractivity (Wildman–Crippen MR) is 69.8 cm³/mol. The zero-order valence-electron chi connectivity index (χ0n) is 11.0. The van der Waals surface area contributed by atoms with Crippen molar-refractivity contribution in [1.29, 1.82) is 0 Å². The average molecular weight is 236 g/mol. The summed E-state index contributed by atoms with van der Waals surface area (Å²) in [6.07, 6.45) is 7.71. The first-order valence-corrected chi connectivity index (χ1v) is 6.66. The summed E-state index contributed by atoms with van der Waals surface area (Å²) in [5.41, 5.74) is 0. The van der Waals surface area contributed by atoms with Gasteiger partial charge in [-0.2, -0.15) is 0 Å². The second kappa shape index (κ2) is 6.17. The van der Waals surface area contributed by atoms with Crippen molar-refractivity contribution >= 4 is 0 Å². The van der Waals surface area contributed by atoms with Crippen LogP contribution in [-0.4, -0.2) is 52.5 Å². The number of likely N-dealkylation sites (tertiary alicyclic amines) is 1. The molecule has 0 radical (unpaired) electrons. The van der Waals surface area contributed by atoms with E-state index in [1.165, 1.54) is 32.4 Å². The number of aromatic nitrogens is 2. The highest BCUT2D eigenvalue weighted by Gasteiger charge is 2.18. The maximum absolute atomic E-state index is 4.25. The van der Waals surface area contributed by atoms with Crippen LogP contribution in [0.25, 0.3) is 0 Å². The Balaban J connectivity index is 1.66. The summed E-state index contributed by atoms with van der Waals surface area (Å²) in [6, 6.07) is 0.719. The molecule has 0 amide bonds. The molecule has 0 bridgehead atoms. The van der Waals surface area contributed by atoms with Crippen LogP contribution in [0, 0.1) is 0 Å². The minimum Gasteiger partial charge on any atom is -0.348 e. The Bertz CT molecular complexity index is 303. The zero-order chi connectivity index (χ0) is 12.1. The third-order valence-corrected chi connectivity index (χ3v) is 3.67. The number of imidazole rings is 1. The van der Waals surface area contributed by atoms with Crippen molar-refractivity contribution in [1.82, 2.24) is 19.8 Å². The van der Waals surface area contributed by atoms with Gasteiger partial charge in [-0.05, 0) is 52.9 Å². The molecule has 96 valence electrons.